The van der Waals surface area contributed by atoms with Gasteiger partial charge in [0, 0.05) is 17.6 Å². The number of aryl methyl sites for hydroxylation is 1. The maximum atomic E-state index is 5.76. The molecule has 0 bridgehead atoms. The Kier molecular flexibility index (Phi) is 4.93. The third-order valence-electron chi connectivity index (χ3n) is 2.88. The normalized spacial score (nSPS) is 14.1. The molecule has 19 heavy (non-hydrogen) atoms. The zero-order chi connectivity index (χ0) is 13.7. The molecule has 0 aliphatic heterocycles. The Labute approximate surface area is 118 Å². The molecule has 2 rings (SSSR count). The zero-order valence-corrected chi connectivity index (χ0v) is 12.4. The average Bonchev–Trinajstić information content (AvgIpc) is 2.92. The number of benzene rings is 1. The molecule has 2 unspecified atom stereocenters. The lowest BCUT2D eigenvalue weighted by Crippen LogP contribution is -2.33. The number of rotatable bonds is 6. The van der Waals surface area contributed by atoms with Crippen molar-refractivity contribution in [1.29, 1.82) is 0 Å². The largest absolute Gasteiger partial charge is 0.492 e. The van der Waals surface area contributed by atoms with Gasteiger partial charge in [-0.25, -0.2) is 4.98 Å². The summed E-state index contributed by atoms with van der Waals surface area (Å²) in [5.41, 5.74) is 1.25. The Balaban J connectivity index is 1.78. The molecule has 0 spiro atoms. The van der Waals surface area contributed by atoms with Gasteiger partial charge in [-0.2, -0.15) is 0 Å². The molecule has 0 saturated carbocycles. The van der Waals surface area contributed by atoms with Gasteiger partial charge in [0.2, 0.25) is 0 Å². The van der Waals surface area contributed by atoms with Crippen molar-refractivity contribution >= 4 is 11.3 Å². The van der Waals surface area contributed by atoms with Crippen LogP contribution in [0, 0.1) is 6.92 Å². The minimum absolute atomic E-state index is 0.261. The number of hydrogen-bond donors (Lipinski definition) is 1. The van der Waals surface area contributed by atoms with Crippen molar-refractivity contribution in [3.8, 4) is 5.75 Å². The Morgan fingerprint density at radius 2 is 2.00 bits per heavy atom. The molecule has 1 heterocycles. The van der Waals surface area contributed by atoms with Gasteiger partial charge in [0.05, 0.1) is 6.04 Å². The molecule has 102 valence electrons. The Morgan fingerprint density at radius 3 is 2.63 bits per heavy atom. The number of ether oxygens (including phenoxy) is 1. The molecule has 0 amide bonds. The minimum Gasteiger partial charge on any atom is -0.492 e. The van der Waals surface area contributed by atoms with Crippen LogP contribution < -0.4 is 10.1 Å². The fourth-order valence-corrected chi connectivity index (χ4v) is 2.51. The molecule has 1 N–H and O–H groups in total. The number of nitrogens with one attached hydrogen (secondary N) is 1. The van der Waals surface area contributed by atoms with Gasteiger partial charge < -0.3 is 10.1 Å². The molecule has 4 heteroatoms. The van der Waals surface area contributed by atoms with Gasteiger partial charge in [-0.15, -0.1) is 11.3 Å². The van der Waals surface area contributed by atoms with E-state index in [2.05, 4.69) is 43.2 Å². The summed E-state index contributed by atoms with van der Waals surface area (Å²) < 4.78 is 5.76. The first-order chi connectivity index (χ1) is 9.15. The third kappa shape index (κ3) is 4.33. The number of aromatic nitrogens is 1. The molecule has 3 nitrogen and oxygen atoms in total. The second-order valence-corrected chi connectivity index (χ2v) is 5.71. The van der Waals surface area contributed by atoms with Crippen molar-refractivity contribution in [2.75, 3.05) is 6.61 Å². The topological polar surface area (TPSA) is 34.1 Å². The van der Waals surface area contributed by atoms with Gasteiger partial charge in [-0.05, 0) is 32.9 Å². The van der Waals surface area contributed by atoms with E-state index in [1.54, 1.807) is 11.3 Å². The van der Waals surface area contributed by atoms with Gasteiger partial charge in [0.1, 0.15) is 17.4 Å². The van der Waals surface area contributed by atoms with E-state index < -0.39 is 0 Å². The predicted molar refractivity (Wildman–Crippen MR) is 79.8 cm³/mol. The van der Waals surface area contributed by atoms with E-state index in [0.29, 0.717) is 6.61 Å². The second-order valence-electron chi connectivity index (χ2n) is 4.78. The molecule has 2 aromatic rings. The third-order valence-corrected chi connectivity index (χ3v) is 3.84. The summed E-state index contributed by atoms with van der Waals surface area (Å²) in [6.07, 6.45) is 1.84. The van der Waals surface area contributed by atoms with Crippen molar-refractivity contribution in [3.63, 3.8) is 0 Å². The summed E-state index contributed by atoms with van der Waals surface area (Å²) in [5, 5.41) is 6.60. The lowest BCUT2D eigenvalue weighted by Gasteiger charge is -2.19. The molecule has 0 aliphatic rings. The van der Waals surface area contributed by atoms with Crippen LogP contribution in [-0.2, 0) is 0 Å². The first-order valence-electron chi connectivity index (χ1n) is 6.50. The summed E-state index contributed by atoms with van der Waals surface area (Å²) in [5.74, 6) is 0.918. The van der Waals surface area contributed by atoms with Crippen LogP contribution in [0.15, 0.2) is 35.8 Å². The summed E-state index contributed by atoms with van der Waals surface area (Å²) in [6, 6.07) is 8.67. The van der Waals surface area contributed by atoms with E-state index in [1.165, 1.54) is 5.56 Å². The predicted octanol–water partition coefficient (Wildman–Crippen LogP) is 3.57. The van der Waals surface area contributed by atoms with Gasteiger partial charge in [0.15, 0.2) is 0 Å². The maximum Gasteiger partial charge on any atom is 0.119 e. The number of hydrogen-bond acceptors (Lipinski definition) is 4. The van der Waals surface area contributed by atoms with E-state index in [0.717, 1.165) is 10.8 Å². The quantitative estimate of drug-likeness (QED) is 0.876. The Morgan fingerprint density at radius 1 is 1.26 bits per heavy atom. The van der Waals surface area contributed by atoms with Gasteiger partial charge in [0.25, 0.3) is 0 Å². The van der Waals surface area contributed by atoms with Crippen molar-refractivity contribution in [3.05, 3.63) is 46.4 Å². The van der Waals surface area contributed by atoms with Crippen LogP contribution in [0.4, 0.5) is 0 Å². The highest BCUT2D eigenvalue weighted by Crippen LogP contribution is 2.16. The minimum atomic E-state index is 0.261. The Hall–Kier alpha value is -1.39. The van der Waals surface area contributed by atoms with Crippen LogP contribution in [0.1, 0.15) is 30.5 Å². The van der Waals surface area contributed by atoms with Crippen LogP contribution in [0.5, 0.6) is 5.75 Å². The summed E-state index contributed by atoms with van der Waals surface area (Å²) in [7, 11) is 0. The first kappa shape index (κ1) is 14.0. The second kappa shape index (κ2) is 6.68. The number of thiazole rings is 1. The van der Waals surface area contributed by atoms with Gasteiger partial charge >= 0.3 is 0 Å². The lowest BCUT2D eigenvalue weighted by atomic mass is 10.2. The fourth-order valence-electron chi connectivity index (χ4n) is 1.85. The molecule has 0 saturated heterocycles. The summed E-state index contributed by atoms with van der Waals surface area (Å²) in [6.45, 7) is 6.97. The molecule has 1 aromatic heterocycles. The Bertz CT molecular complexity index is 481. The van der Waals surface area contributed by atoms with Crippen LogP contribution >= 0.6 is 11.3 Å². The van der Waals surface area contributed by atoms with Crippen LogP contribution in [0.25, 0.3) is 0 Å². The van der Waals surface area contributed by atoms with Crippen molar-refractivity contribution in [2.24, 2.45) is 0 Å². The fraction of sp³-hybridized carbons (Fsp3) is 0.400. The van der Waals surface area contributed by atoms with E-state index in [1.807, 2.05) is 23.7 Å². The van der Waals surface area contributed by atoms with Crippen LogP contribution in [0.3, 0.4) is 0 Å². The molecule has 0 fully saturated rings. The highest BCUT2D eigenvalue weighted by molar-refractivity contribution is 7.09. The van der Waals surface area contributed by atoms with E-state index >= 15 is 0 Å². The maximum absolute atomic E-state index is 5.76. The van der Waals surface area contributed by atoms with Gasteiger partial charge in [-0.1, -0.05) is 17.7 Å². The highest BCUT2D eigenvalue weighted by Gasteiger charge is 2.11. The van der Waals surface area contributed by atoms with Crippen molar-refractivity contribution in [1.82, 2.24) is 10.3 Å². The molecule has 0 aliphatic carbocycles. The van der Waals surface area contributed by atoms with Gasteiger partial charge in [-0.3, -0.25) is 0 Å². The van der Waals surface area contributed by atoms with E-state index in [4.69, 9.17) is 4.74 Å². The smallest absolute Gasteiger partial charge is 0.119 e. The SMILES string of the molecule is Cc1ccc(OCC(C)NC(C)c2nccs2)cc1. The lowest BCUT2D eigenvalue weighted by molar-refractivity contribution is 0.264. The number of nitrogens with zero attached hydrogens (tertiary/aromatic N) is 1. The standard InChI is InChI=1S/C15H20N2OS/c1-11-4-6-14(7-5-11)18-10-12(2)17-13(3)15-16-8-9-19-15/h4-9,12-13,17H,10H2,1-3H3. The highest BCUT2D eigenvalue weighted by atomic mass is 32.1. The summed E-state index contributed by atoms with van der Waals surface area (Å²) in [4.78, 5) is 4.31. The monoisotopic (exact) mass is 276 g/mol. The molecular formula is C15H20N2OS. The van der Waals surface area contributed by atoms with Crippen molar-refractivity contribution < 1.29 is 4.74 Å². The van der Waals surface area contributed by atoms with E-state index in [9.17, 15) is 0 Å². The molecule has 0 radical (unpaired) electrons. The molecule has 2 atom stereocenters. The van der Waals surface area contributed by atoms with Crippen molar-refractivity contribution in [2.45, 2.75) is 32.9 Å². The zero-order valence-electron chi connectivity index (χ0n) is 11.6. The molecule has 1 aromatic carbocycles. The van der Waals surface area contributed by atoms with Crippen LogP contribution in [0.2, 0.25) is 0 Å². The van der Waals surface area contributed by atoms with E-state index in [-0.39, 0.29) is 12.1 Å². The van der Waals surface area contributed by atoms with Crippen LogP contribution in [-0.4, -0.2) is 17.6 Å². The first-order valence-corrected chi connectivity index (χ1v) is 7.38. The average molecular weight is 276 g/mol. The summed E-state index contributed by atoms with van der Waals surface area (Å²) >= 11 is 1.67. The molecular weight excluding hydrogens is 256 g/mol.